The first-order valence-corrected chi connectivity index (χ1v) is 8.26. The summed E-state index contributed by atoms with van der Waals surface area (Å²) in [7, 11) is 1.61. The average molecular weight is 379 g/mol. The maximum atomic E-state index is 12.2. The maximum Gasteiger partial charge on any atom is 0.253 e. The number of methoxy groups -OCH3 is 1. The van der Waals surface area contributed by atoms with Gasteiger partial charge in [0, 0.05) is 18.3 Å². The summed E-state index contributed by atoms with van der Waals surface area (Å²) in [6.45, 7) is 0.445. The van der Waals surface area contributed by atoms with Gasteiger partial charge in [-0.15, -0.1) is 12.4 Å². The van der Waals surface area contributed by atoms with Crippen LogP contribution in [0.2, 0.25) is 0 Å². The van der Waals surface area contributed by atoms with Gasteiger partial charge in [-0.25, -0.2) is 0 Å². The molecule has 0 radical (unpaired) electrons. The Bertz CT molecular complexity index is 724. The van der Waals surface area contributed by atoms with Crippen LogP contribution < -0.4 is 20.5 Å². The zero-order chi connectivity index (χ0) is 17.6. The molecule has 0 aromatic heterocycles. The predicted octanol–water partition coefficient (Wildman–Crippen LogP) is 3.35. The van der Waals surface area contributed by atoms with E-state index in [9.17, 15) is 4.79 Å². The Morgan fingerprint density at radius 3 is 2.54 bits per heavy atom. The fraction of sp³-hybridized carbons (Fsp3) is 0.316. The van der Waals surface area contributed by atoms with Crippen LogP contribution in [0.5, 0.6) is 17.2 Å². The number of hydrogen-bond donors (Lipinski definition) is 2. The molecule has 1 aliphatic rings. The molecule has 140 valence electrons. The molecular weight excluding hydrogens is 356 g/mol. The third-order valence-corrected chi connectivity index (χ3v) is 4.06. The lowest BCUT2D eigenvalue weighted by molar-refractivity contribution is -0.126. The van der Waals surface area contributed by atoms with Gasteiger partial charge in [0.1, 0.15) is 23.4 Å². The van der Waals surface area contributed by atoms with E-state index in [4.69, 9.17) is 19.9 Å². The average Bonchev–Trinajstić information content (AvgIpc) is 3.13. The van der Waals surface area contributed by atoms with Crippen molar-refractivity contribution in [2.24, 2.45) is 5.73 Å². The van der Waals surface area contributed by atoms with E-state index in [1.54, 1.807) is 37.4 Å². The van der Waals surface area contributed by atoms with E-state index in [0.717, 1.165) is 12.2 Å². The molecule has 26 heavy (non-hydrogen) atoms. The molecule has 1 heterocycles. The number of anilines is 1. The van der Waals surface area contributed by atoms with Gasteiger partial charge < -0.3 is 25.3 Å². The number of nitrogens with two attached hydrogens (primary N) is 1. The molecule has 1 fully saturated rings. The van der Waals surface area contributed by atoms with Crippen LogP contribution in [0.1, 0.15) is 12.8 Å². The standard InChI is InChI=1S/C19H22N2O4.ClH/c1-23-15-3-2-4-16(11-15)24-14-7-5-13(6-8-14)21-19(22)18-10-9-17(12-20)25-18;/h2-8,11,17-18H,9-10,12,20H2,1H3,(H,21,22);1H/t17-,18+;/m1./s1. The van der Waals surface area contributed by atoms with Crippen molar-refractivity contribution in [3.8, 4) is 17.2 Å². The van der Waals surface area contributed by atoms with Gasteiger partial charge in [-0.2, -0.15) is 0 Å². The predicted molar refractivity (Wildman–Crippen MR) is 102 cm³/mol. The summed E-state index contributed by atoms with van der Waals surface area (Å²) in [6, 6.07) is 14.6. The minimum atomic E-state index is -0.429. The van der Waals surface area contributed by atoms with E-state index in [1.165, 1.54) is 0 Å². The molecule has 3 N–H and O–H groups in total. The van der Waals surface area contributed by atoms with Gasteiger partial charge >= 0.3 is 0 Å². The lowest BCUT2D eigenvalue weighted by Gasteiger charge is -2.13. The maximum absolute atomic E-state index is 12.2. The summed E-state index contributed by atoms with van der Waals surface area (Å²) in [5.74, 6) is 1.95. The van der Waals surface area contributed by atoms with E-state index in [1.807, 2.05) is 18.2 Å². The van der Waals surface area contributed by atoms with Gasteiger partial charge in [0.15, 0.2) is 0 Å². The summed E-state index contributed by atoms with van der Waals surface area (Å²) < 4.78 is 16.5. The molecular formula is C19H23ClN2O4. The number of rotatable bonds is 6. The summed E-state index contributed by atoms with van der Waals surface area (Å²) in [5, 5.41) is 2.86. The number of halogens is 1. The summed E-state index contributed by atoms with van der Waals surface area (Å²) >= 11 is 0. The first-order chi connectivity index (χ1) is 12.2. The quantitative estimate of drug-likeness (QED) is 0.805. The molecule has 6 nitrogen and oxygen atoms in total. The van der Waals surface area contributed by atoms with Crippen molar-refractivity contribution < 1.29 is 19.0 Å². The smallest absolute Gasteiger partial charge is 0.253 e. The van der Waals surface area contributed by atoms with Crippen LogP contribution in [0.3, 0.4) is 0 Å². The van der Waals surface area contributed by atoms with Crippen LogP contribution in [0.15, 0.2) is 48.5 Å². The highest BCUT2D eigenvalue weighted by atomic mass is 35.5. The number of carbonyl (C=O) groups is 1. The second kappa shape index (κ2) is 9.43. The van der Waals surface area contributed by atoms with Crippen molar-refractivity contribution >= 4 is 24.0 Å². The minimum Gasteiger partial charge on any atom is -0.497 e. The summed E-state index contributed by atoms with van der Waals surface area (Å²) in [4.78, 5) is 12.2. The van der Waals surface area contributed by atoms with Gasteiger partial charge in [-0.05, 0) is 49.2 Å². The third-order valence-electron chi connectivity index (χ3n) is 4.06. The fourth-order valence-electron chi connectivity index (χ4n) is 2.70. The lowest BCUT2D eigenvalue weighted by atomic mass is 10.2. The van der Waals surface area contributed by atoms with Crippen LogP contribution in [0, 0.1) is 0 Å². The Balaban J connectivity index is 0.00000243. The van der Waals surface area contributed by atoms with Gasteiger partial charge in [-0.3, -0.25) is 4.79 Å². The fourth-order valence-corrected chi connectivity index (χ4v) is 2.70. The molecule has 0 bridgehead atoms. The van der Waals surface area contributed by atoms with Crippen molar-refractivity contribution in [2.75, 3.05) is 19.0 Å². The number of nitrogens with one attached hydrogen (secondary N) is 1. The second-order valence-corrected chi connectivity index (χ2v) is 5.85. The Morgan fingerprint density at radius 2 is 1.88 bits per heavy atom. The third kappa shape index (κ3) is 5.11. The molecule has 0 saturated carbocycles. The van der Waals surface area contributed by atoms with Crippen molar-refractivity contribution in [3.63, 3.8) is 0 Å². The number of benzene rings is 2. The van der Waals surface area contributed by atoms with Crippen molar-refractivity contribution in [1.82, 2.24) is 0 Å². The zero-order valence-corrected chi connectivity index (χ0v) is 15.3. The zero-order valence-electron chi connectivity index (χ0n) is 14.5. The molecule has 1 saturated heterocycles. The number of carbonyl (C=O) groups excluding carboxylic acids is 1. The van der Waals surface area contributed by atoms with Crippen molar-refractivity contribution in [1.29, 1.82) is 0 Å². The molecule has 1 aliphatic heterocycles. The Kier molecular flexibility index (Phi) is 7.26. The number of amides is 1. The molecule has 7 heteroatoms. The monoisotopic (exact) mass is 378 g/mol. The summed E-state index contributed by atoms with van der Waals surface area (Å²) in [5.41, 5.74) is 6.27. The Hall–Kier alpha value is -2.28. The molecule has 1 amide bonds. The van der Waals surface area contributed by atoms with E-state index >= 15 is 0 Å². The largest absolute Gasteiger partial charge is 0.497 e. The Labute approximate surface area is 159 Å². The van der Waals surface area contributed by atoms with E-state index in [0.29, 0.717) is 30.2 Å². The molecule has 2 aromatic carbocycles. The highest BCUT2D eigenvalue weighted by Crippen LogP contribution is 2.26. The van der Waals surface area contributed by atoms with Crippen LogP contribution in [0.25, 0.3) is 0 Å². The van der Waals surface area contributed by atoms with Crippen LogP contribution in [-0.4, -0.2) is 31.8 Å². The van der Waals surface area contributed by atoms with Crippen molar-refractivity contribution in [3.05, 3.63) is 48.5 Å². The Morgan fingerprint density at radius 1 is 1.15 bits per heavy atom. The van der Waals surface area contributed by atoms with E-state index in [2.05, 4.69) is 5.32 Å². The number of hydrogen-bond acceptors (Lipinski definition) is 5. The highest BCUT2D eigenvalue weighted by molar-refractivity contribution is 5.94. The summed E-state index contributed by atoms with van der Waals surface area (Å²) in [6.07, 6.45) is 1.07. The molecule has 0 unspecified atom stereocenters. The SMILES string of the molecule is COc1cccc(Oc2ccc(NC(=O)[C@@H]3CC[C@H](CN)O3)cc2)c1.Cl. The molecule has 0 spiro atoms. The molecule has 3 rings (SSSR count). The van der Waals surface area contributed by atoms with Gasteiger partial charge in [-0.1, -0.05) is 6.07 Å². The molecule has 2 aromatic rings. The van der Waals surface area contributed by atoms with Crippen LogP contribution in [-0.2, 0) is 9.53 Å². The molecule has 2 atom stereocenters. The van der Waals surface area contributed by atoms with Gasteiger partial charge in [0.2, 0.25) is 0 Å². The van der Waals surface area contributed by atoms with Gasteiger partial charge in [0.25, 0.3) is 5.91 Å². The first kappa shape index (κ1) is 20.0. The molecule has 0 aliphatic carbocycles. The van der Waals surface area contributed by atoms with Crippen LogP contribution in [0.4, 0.5) is 5.69 Å². The van der Waals surface area contributed by atoms with Gasteiger partial charge in [0.05, 0.1) is 13.2 Å². The second-order valence-electron chi connectivity index (χ2n) is 5.85. The van der Waals surface area contributed by atoms with E-state index < -0.39 is 6.10 Å². The minimum absolute atomic E-state index is 0. The van der Waals surface area contributed by atoms with Crippen molar-refractivity contribution in [2.45, 2.75) is 25.0 Å². The van der Waals surface area contributed by atoms with Crippen LogP contribution >= 0.6 is 12.4 Å². The lowest BCUT2D eigenvalue weighted by Crippen LogP contribution is -2.29. The number of ether oxygens (including phenoxy) is 3. The topological polar surface area (TPSA) is 82.8 Å². The van der Waals surface area contributed by atoms with E-state index in [-0.39, 0.29) is 24.4 Å². The first-order valence-electron chi connectivity index (χ1n) is 8.26. The normalized spacial score (nSPS) is 18.7. The highest BCUT2D eigenvalue weighted by Gasteiger charge is 2.29.